The number of benzene rings is 1. The first-order chi connectivity index (χ1) is 9.93. The van der Waals surface area contributed by atoms with Gasteiger partial charge in [0.2, 0.25) is 5.91 Å². The first kappa shape index (κ1) is 15.8. The average molecular weight is 309 g/mol. The second kappa shape index (κ2) is 6.06. The summed E-state index contributed by atoms with van der Waals surface area (Å²) in [6.45, 7) is 6.18. The van der Waals surface area contributed by atoms with Crippen LogP contribution in [0.4, 0.5) is 5.69 Å². The molecule has 0 aromatic heterocycles. The molecule has 21 heavy (non-hydrogen) atoms. The maximum absolute atomic E-state index is 13.0. The molecule has 1 aromatic rings. The summed E-state index contributed by atoms with van der Waals surface area (Å²) in [6.07, 6.45) is 1.45. The summed E-state index contributed by atoms with van der Waals surface area (Å²) in [5, 5.41) is 3.50. The van der Waals surface area contributed by atoms with E-state index in [-0.39, 0.29) is 11.8 Å². The van der Waals surface area contributed by atoms with Crippen molar-refractivity contribution in [3.63, 3.8) is 0 Å². The molecule has 2 rings (SSSR count). The van der Waals surface area contributed by atoms with Gasteiger partial charge in [-0.1, -0.05) is 31.5 Å². The van der Waals surface area contributed by atoms with Crippen LogP contribution in [-0.4, -0.2) is 23.9 Å². The third-order valence-electron chi connectivity index (χ3n) is 4.26. The van der Waals surface area contributed by atoms with Crippen LogP contribution in [0.15, 0.2) is 18.2 Å². The molecule has 114 valence electrons. The standard InChI is InChI=1S/C16H21ClN2O2/c1-4-16(5-2)15(21)19(9-8-14(20)18-16)13-10-12(17)7-6-11(13)3/h6-7,10H,4-5,8-9H2,1-3H3,(H,18,20). The van der Waals surface area contributed by atoms with Gasteiger partial charge < -0.3 is 10.2 Å². The van der Waals surface area contributed by atoms with Crippen molar-refractivity contribution < 1.29 is 9.59 Å². The number of rotatable bonds is 3. The number of hydrogen-bond acceptors (Lipinski definition) is 2. The first-order valence-electron chi connectivity index (χ1n) is 7.32. The van der Waals surface area contributed by atoms with Crippen LogP contribution in [0.1, 0.15) is 38.7 Å². The van der Waals surface area contributed by atoms with Gasteiger partial charge in [0.15, 0.2) is 0 Å². The molecule has 4 nitrogen and oxygen atoms in total. The molecular formula is C16H21ClN2O2. The molecule has 0 unspecified atom stereocenters. The van der Waals surface area contributed by atoms with Gasteiger partial charge in [-0.25, -0.2) is 0 Å². The van der Waals surface area contributed by atoms with E-state index in [0.717, 1.165) is 11.3 Å². The molecule has 1 aliphatic rings. The third kappa shape index (κ3) is 2.91. The van der Waals surface area contributed by atoms with Crippen LogP contribution in [0.25, 0.3) is 0 Å². The van der Waals surface area contributed by atoms with Gasteiger partial charge in [0.25, 0.3) is 5.91 Å². The van der Waals surface area contributed by atoms with E-state index in [9.17, 15) is 9.59 Å². The van der Waals surface area contributed by atoms with Gasteiger partial charge in [-0.3, -0.25) is 9.59 Å². The Hall–Kier alpha value is -1.55. The predicted octanol–water partition coefficient (Wildman–Crippen LogP) is 3.06. The number of carbonyl (C=O) groups is 2. The van der Waals surface area contributed by atoms with E-state index < -0.39 is 5.54 Å². The zero-order valence-corrected chi connectivity index (χ0v) is 13.5. The monoisotopic (exact) mass is 308 g/mol. The minimum absolute atomic E-state index is 0.0521. The number of halogens is 1. The first-order valence-corrected chi connectivity index (χ1v) is 7.70. The van der Waals surface area contributed by atoms with E-state index in [1.807, 2.05) is 26.8 Å². The lowest BCUT2D eigenvalue weighted by Gasteiger charge is -2.34. The molecule has 0 spiro atoms. The number of hydrogen-bond donors (Lipinski definition) is 1. The summed E-state index contributed by atoms with van der Waals surface area (Å²) in [5.41, 5.74) is 0.945. The van der Waals surface area contributed by atoms with Crippen LogP contribution in [-0.2, 0) is 9.59 Å². The molecule has 1 heterocycles. The Morgan fingerprint density at radius 3 is 2.57 bits per heavy atom. The highest BCUT2D eigenvalue weighted by molar-refractivity contribution is 6.31. The van der Waals surface area contributed by atoms with Gasteiger partial charge >= 0.3 is 0 Å². The predicted molar refractivity (Wildman–Crippen MR) is 84.6 cm³/mol. The summed E-state index contributed by atoms with van der Waals surface area (Å²) in [5.74, 6) is -0.127. The van der Waals surface area contributed by atoms with Crippen LogP contribution < -0.4 is 10.2 Å². The van der Waals surface area contributed by atoms with Crippen molar-refractivity contribution in [2.24, 2.45) is 0 Å². The van der Waals surface area contributed by atoms with Crippen LogP contribution >= 0.6 is 11.6 Å². The maximum Gasteiger partial charge on any atom is 0.252 e. The Morgan fingerprint density at radius 2 is 1.95 bits per heavy atom. The van der Waals surface area contributed by atoms with Gasteiger partial charge in [0.05, 0.1) is 0 Å². The number of nitrogens with one attached hydrogen (secondary N) is 1. The second-order valence-electron chi connectivity index (χ2n) is 5.47. The average Bonchev–Trinajstić information content (AvgIpc) is 2.59. The molecule has 2 amide bonds. The van der Waals surface area contributed by atoms with E-state index in [2.05, 4.69) is 5.32 Å². The van der Waals surface area contributed by atoms with Crippen molar-refractivity contribution in [2.75, 3.05) is 11.4 Å². The maximum atomic E-state index is 13.0. The molecule has 5 heteroatoms. The molecule has 1 fully saturated rings. The van der Waals surface area contributed by atoms with Crippen molar-refractivity contribution in [2.45, 2.75) is 45.6 Å². The van der Waals surface area contributed by atoms with E-state index in [1.54, 1.807) is 17.0 Å². The fourth-order valence-electron chi connectivity index (χ4n) is 2.79. The Balaban J connectivity index is 2.49. The van der Waals surface area contributed by atoms with Crippen molar-refractivity contribution in [3.05, 3.63) is 28.8 Å². The fourth-order valence-corrected chi connectivity index (χ4v) is 2.95. The highest BCUT2D eigenvalue weighted by Crippen LogP contribution is 2.30. The molecule has 1 N–H and O–H groups in total. The fraction of sp³-hybridized carbons (Fsp3) is 0.500. The lowest BCUT2D eigenvalue weighted by molar-refractivity contribution is -0.130. The molecule has 0 radical (unpaired) electrons. The normalized spacial score (nSPS) is 18.4. The van der Waals surface area contributed by atoms with Crippen LogP contribution in [0.5, 0.6) is 0 Å². The SMILES string of the molecule is CCC1(CC)NC(=O)CCN(c2cc(Cl)ccc2C)C1=O. The molecule has 1 aromatic carbocycles. The van der Waals surface area contributed by atoms with Gasteiger partial charge in [0, 0.05) is 23.7 Å². The minimum atomic E-state index is -0.817. The number of anilines is 1. The molecule has 1 aliphatic heterocycles. The molecule has 0 aliphatic carbocycles. The molecule has 0 saturated carbocycles. The Kier molecular flexibility index (Phi) is 4.57. The minimum Gasteiger partial charge on any atom is -0.342 e. The molecule has 0 bridgehead atoms. The van der Waals surface area contributed by atoms with Gasteiger partial charge in [-0.05, 0) is 37.5 Å². The zero-order chi connectivity index (χ0) is 15.6. The largest absolute Gasteiger partial charge is 0.342 e. The van der Waals surface area contributed by atoms with Gasteiger partial charge in [-0.15, -0.1) is 0 Å². The highest BCUT2D eigenvalue weighted by atomic mass is 35.5. The molecule has 0 atom stereocenters. The summed E-state index contributed by atoms with van der Waals surface area (Å²) < 4.78 is 0. The van der Waals surface area contributed by atoms with E-state index in [0.29, 0.717) is 30.8 Å². The van der Waals surface area contributed by atoms with Gasteiger partial charge in [0.1, 0.15) is 5.54 Å². The van der Waals surface area contributed by atoms with Crippen molar-refractivity contribution in [1.82, 2.24) is 5.32 Å². The van der Waals surface area contributed by atoms with Crippen molar-refractivity contribution in [3.8, 4) is 0 Å². The summed E-state index contributed by atoms with van der Waals surface area (Å²) in [7, 11) is 0. The Bertz CT molecular complexity index is 567. The Labute approximate surface area is 130 Å². The number of carbonyl (C=O) groups excluding carboxylic acids is 2. The number of aryl methyl sites for hydroxylation is 1. The second-order valence-corrected chi connectivity index (χ2v) is 5.91. The molecular weight excluding hydrogens is 288 g/mol. The van der Waals surface area contributed by atoms with Crippen molar-refractivity contribution in [1.29, 1.82) is 0 Å². The zero-order valence-electron chi connectivity index (χ0n) is 12.7. The smallest absolute Gasteiger partial charge is 0.252 e. The highest BCUT2D eigenvalue weighted by Gasteiger charge is 2.42. The third-order valence-corrected chi connectivity index (χ3v) is 4.50. The van der Waals surface area contributed by atoms with Crippen LogP contribution in [0.2, 0.25) is 5.02 Å². The Morgan fingerprint density at radius 1 is 1.29 bits per heavy atom. The van der Waals surface area contributed by atoms with E-state index in [4.69, 9.17) is 11.6 Å². The van der Waals surface area contributed by atoms with Gasteiger partial charge in [-0.2, -0.15) is 0 Å². The number of amides is 2. The lowest BCUT2D eigenvalue weighted by atomic mass is 9.91. The number of nitrogens with zero attached hydrogens (tertiary/aromatic N) is 1. The van der Waals surface area contributed by atoms with Crippen molar-refractivity contribution >= 4 is 29.1 Å². The topological polar surface area (TPSA) is 49.4 Å². The summed E-state index contributed by atoms with van der Waals surface area (Å²) in [6, 6.07) is 5.49. The van der Waals surface area contributed by atoms with Crippen LogP contribution in [0.3, 0.4) is 0 Å². The lowest BCUT2D eigenvalue weighted by Crippen LogP contribution is -2.56. The van der Waals surface area contributed by atoms with Crippen LogP contribution in [0, 0.1) is 6.92 Å². The molecule has 1 saturated heterocycles. The van der Waals surface area contributed by atoms with E-state index in [1.165, 1.54) is 0 Å². The summed E-state index contributed by atoms with van der Waals surface area (Å²) >= 11 is 6.07. The van der Waals surface area contributed by atoms with E-state index >= 15 is 0 Å². The quantitative estimate of drug-likeness (QED) is 0.933. The summed E-state index contributed by atoms with van der Waals surface area (Å²) in [4.78, 5) is 26.7.